The summed E-state index contributed by atoms with van der Waals surface area (Å²) in [5.74, 6) is -0.575. The van der Waals surface area contributed by atoms with Crippen molar-refractivity contribution >= 4 is 17.6 Å². The van der Waals surface area contributed by atoms with Gasteiger partial charge in [0.25, 0.3) is 11.8 Å². The summed E-state index contributed by atoms with van der Waals surface area (Å²) in [4.78, 5) is 28.1. The number of carbonyl (C=O) groups excluding carboxylic acids is 2. The minimum Gasteiger partial charge on any atom is -0.390 e. The van der Waals surface area contributed by atoms with Crippen molar-refractivity contribution in [2.24, 2.45) is 5.92 Å². The van der Waals surface area contributed by atoms with Crippen LogP contribution in [0, 0.1) is 5.92 Å². The molecule has 2 aromatic rings. The number of amides is 2. The lowest BCUT2D eigenvalue weighted by atomic mass is 9.82. The highest BCUT2D eigenvalue weighted by atomic mass is 19.4. The van der Waals surface area contributed by atoms with E-state index in [1.807, 2.05) is 11.6 Å². The number of anilines is 1. The van der Waals surface area contributed by atoms with Crippen molar-refractivity contribution < 1.29 is 27.9 Å². The topological polar surface area (TPSA) is 87.5 Å². The first kappa shape index (κ1) is 21.9. The van der Waals surface area contributed by atoms with Gasteiger partial charge in [0.05, 0.1) is 23.9 Å². The van der Waals surface area contributed by atoms with Crippen LogP contribution >= 0.6 is 0 Å². The molecule has 0 spiro atoms. The molecular formula is C23H25F3N4O3. The van der Waals surface area contributed by atoms with Gasteiger partial charge in [-0.15, -0.1) is 0 Å². The molecule has 1 aliphatic heterocycles. The van der Waals surface area contributed by atoms with Gasteiger partial charge in [-0.05, 0) is 56.7 Å². The molecule has 2 amide bonds. The molecule has 2 atom stereocenters. The van der Waals surface area contributed by atoms with Crippen LogP contribution in [0.15, 0.2) is 24.3 Å². The molecule has 0 radical (unpaired) electrons. The predicted molar refractivity (Wildman–Crippen MR) is 113 cm³/mol. The van der Waals surface area contributed by atoms with Crippen LogP contribution < -0.4 is 10.2 Å². The number of nitrogens with zero attached hydrogens (tertiary/aromatic N) is 3. The Kier molecular flexibility index (Phi) is 5.23. The first-order valence-electron chi connectivity index (χ1n) is 11.3. The second kappa shape index (κ2) is 7.86. The van der Waals surface area contributed by atoms with Crippen LogP contribution in [0.4, 0.5) is 19.0 Å². The maximum atomic E-state index is 13.6. The highest BCUT2D eigenvalue weighted by molar-refractivity contribution is 6.05. The number of nitrogens with one attached hydrogen (secondary N) is 1. The molecular weight excluding hydrogens is 437 g/mol. The number of benzene rings is 1. The molecule has 0 unspecified atom stereocenters. The van der Waals surface area contributed by atoms with Crippen molar-refractivity contribution in [3.05, 3.63) is 46.6 Å². The number of carbonyl (C=O) groups is 2. The number of halogens is 3. The normalized spacial score (nSPS) is 22.9. The number of likely N-dealkylation sites (N-methyl/N-ethyl adjacent to an activating group) is 1. The van der Waals surface area contributed by atoms with Crippen LogP contribution in [-0.2, 0) is 17.6 Å². The van der Waals surface area contributed by atoms with E-state index in [4.69, 9.17) is 0 Å². The average Bonchev–Trinajstić information content (AvgIpc) is 3.71. The summed E-state index contributed by atoms with van der Waals surface area (Å²) >= 11 is 0. The first-order valence-corrected chi connectivity index (χ1v) is 11.3. The minimum atomic E-state index is -4.57. The van der Waals surface area contributed by atoms with Crippen LogP contribution in [0.2, 0.25) is 0 Å². The summed E-state index contributed by atoms with van der Waals surface area (Å²) in [6.07, 6.45) is -0.921. The maximum absolute atomic E-state index is 13.6. The summed E-state index contributed by atoms with van der Waals surface area (Å²) in [5.41, 5.74) is 0.201. The largest absolute Gasteiger partial charge is 0.416 e. The van der Waals surface area contributed by atoms with E-state index in [-0.39, 0.29) is 36.0 Å². The zero-order valence-electron chi connectivity index (χ0n) is 18.1. The molecule has 2 heterocycles. The van der Waals surface area contributed by atoms with E-state index in [9.17, 15) is 27.9 Å². The second-order valence-corrected chi connectivity index (χ2v) is 8.99. The summed E-state index contributed by atoms with van der Waals surface area (Å²) in [5, 5.41) is 17.4. The van der Waals surface area contributed by atoms with Gasteiger partial charge in [0.2, 0.25) is 0 Å². The lowest BCUT2D eigenvalue weighted by molar-refractivity contribution is -0.137. The predicted octanol–water partition coefficient (Wildman–Crippen LogP) is 3.39. The number of aliphatic hydroxyl groups is 1. The smallest absolute Gasteiger partial charge is 0.390 e. The molecule has 2 saturated carbocycles. The van der Waals surface area contributed by atoms with Crippen molar-refractivity contribution in [3.63, 3.8) is 0 Å². The zero-order chi connectivity index (χ0) is 23.5. The lowest BCUT2D eigenvalue weighted by Gasteiger charge is -2.38. The van der Waals surface area contributed by atoms with Crippen LogP contribution in [-0.4, -0.2) is 39.3 Å². The van der Waals surface area contributed by atoms with Crippen LogP contribution in [0.3, 0.4) is 0 Å². The molecule has 5 rings (SSSR count). The highest BCUT2D eigenvalue weighted by Gasteiger charge is 2.51. The summed E-state index contributed by atoms with van der Waals surface area (Å²) in [7, 11) is 0. The van der Waals surface area contributed by atoms with Gasteiger partial charge in [-0.25, -0.2) is 4.68 Å². The third-order valence-corrected chi connectivity index (χ3v) is 6.70. The summed E-state index contributed by atoms with van der Waals surface area (Å²) in [6.45, 7) is 1.89. The molecule has 7 nitrogen and oxygen atoms in total. The third kappa shape index (κ3) is 3.80. The quantitative estimate of drug-likeness (QED) is 0.689. The van der Waals surface area contributed by atoms with Gasteiger partial charge in [-0.2, -0.15) is 18.3 Å². The minimum absolute atomic E-state index is 0.140. The monoisotopic (exact) mass is 462 g/mol. The van der Waals surface area contributed by atoms with Crippen LogP contribution in [0.5, 0.6) is 0 Å². The molecule has 1 aromatic heterocycles. The molecule has 10 heteroatoms. The van der Waals surface area contributed by atoms with Gasteiger partial charge in [-0.3, -0.25) is 14.5 Å². The molecule has 176 valence electrons. The zero-order valence-corrected chi connectivity index (χ0v) is 18.1. The van der Waals surface area contributed by atoms with Crippen molar-refractivity contribution in [1.29, 1.82) is 0 Å². The van der Waals surface area contributed by atoms with Gasteiger partial charge in [0.15, 0.2) is 0 Å². The second-order valence-electron chi connectivity index (χ2n) is 8.99. The summed E-state index contributed by atoms with van der Waals surface area (Å²) in [6, 6.07) is 3.43. The Morgan fingerprint density at radius 3 is 2.55 bits per heavy atom. The number of aromatic nitrogens is 2. The van der Waals surface area contributed by atoms with Crippen molar-refractivity contribution in [2.75, 3.05) is 11.4 Å². The Hall–Kier alpha value is -2.88. The van der Waals surface area contributed by atoms with Crippen LogP contribution in [0.25, 0.3) is 0 Å². The van der Waals surface area contributed by atoms with Crippen molar-refractivity contribution in [3.8, 4) is 0 Å². The Balaban J connectivity index is 1.53. The molecule has 0 saturated heterocycles. The fraction of sp³-hybridized carbons (Fsp3) is 0.522. The Bertz CT molecular complexity index is 1100. The first-order chi connectivity index (χ1) is 15.7. The standard InChI is InChI=1S/C23H25F3N4O3/c1-2-29-21-18(16(11-31)28-30(21)15-8-9-15)17(12-6-7-12)19(22(29)33)27-20(32)13-4-3-5-14(10-13)23(24,25)26/h3-5,10,12,15,17,19,31H,2,6-9,11H2,1H3,(H,27,32)/t17-,19-/m0/s1. The number of hydrogen-bond donors (Lipinski definition) is 2. The number of hydrogen-bond acceptors (Lipinski definition) is 4. The van der Waals surface area contributed by atoms with Crippen molar-refractivity contribution in [1.82, 2.24) is 15.1 Å². The lowest BCUT2D eigenvalue weighted by Crippen LogP contribution is -2.55. The maximum Gasteiger partial charge on any atom is 0.416 e. The fourth-order valence-corrected chi connectivity index (χ4v) is 4.86. The van der Waals surface area contributed by atoms with Gasteiger partial charge in [0, 0.05) is 23.6 Å². The Morgan fingerprint density at radius 2 is 1.97 bits per heavy atom. The molecule has 2 N–H and O–H groups in total. The highest BCUT2D eigenvalue weighted by Crippen LogP contribution is 2.53. The number of fused-ring (bicyclic) bond motifs is 1. The fourth-order valence-electron chi connectivity index (χ4n) is 4.86. The number of alkyl halides is 3. The molecule has 2 fully saturated rings. The molecule has 0 bridgehead atoms. The van der Waals surface area contributed by atoms with E-state index in [1.54, 1.807) is 4.90 Å². The van der Waals surface area contributed by atoms with Gasteiger partial charge in [0.1, 0.15) is 11.9 Å². The Labute approximate surface area is 188 Å². The summed E-state index contributed by atoms with van der Waals surface area (Å²) < 4.78 is 41.2. The van der Waals surface area contributed by atoms with E-state index in [1.165, 1.54) is 12.1 Å². The van der Waals surface area contributed by atoms with E-state index in [2.05, 4.69) is 10.4 Å². The van der Waals surface area contributed by atoms with Gasteiger partial charge >= 0.3 is 6.18 Å². The van der Waals surface area contributed by atoms with E-state index in [0.29, 0.717) is 18.1 Å². The molecule has 3 aliphatic rings. The third-order valence-electron chi connectivity index (χ3n) is 6.70. The van der Waals surface area contributed by atoms with E-state index >= 15 is 0 Å². The SMILES string of the molecule is CCN1C(=O)[C@@H](NC(=O)c2cccc(C(F)(F)F)c2)[C@@H](C2CC2)c2c(CO)nn(C3CC3)c21. The van der Waals surface area contributed by atoms with Gasteiger partial charge in [-0.1, -0.05) is 6.07 Å². The number of rotatable bonds is 6. The van der Waals surface area contributed by atoms with Crippen LogP contribution in [0.1, 0.15) is 71.7 Å². The van der Waals surface area contributed by atoms with E-state index < -0.39 is 23.7 Å². The average molecular weight is 462 g/mol. The van der Waals surface area contributed by atoms with E-state index in [0.717, 1.165) is 43.4 Å². The van der Waals surface area contributed by atoms with Crippen molar-refractivity contribution in [2.45, 2.75) is 63.4 Å². The van der Waals surface area contributed by atoms with Gasteiger partial charge < -0.3 is 10.4 Å². The molecule has 1 aromatic carbocycles. The molecule has 33 heavy (non-hydrogen) atoms. The molecule has 2 aliphatic carbocycles. The number of aliphatic hydroxyl groups excluding tert-OH is 1. The Morgan fingerprint density at radius 1 is 1.24 bits per heavy atom.